The van der Waals surface area contributed by atoms with E-state index >= 15 is 0 Å². The first-order valence-electron chi connectivity index (χ1n) is 15.2. The summed E-state index contributed by atoms with van der Waals surface area (Å²) in [7, 11) is 2.04. The molecule has 0 radical (unpaired) electrons. The Morgan fingerprint density at radius 1 is 0.905 bits per heavy atom. The largest absolute Gasteiger partial charge is 0.490 e. The second kappa shape index (κ2) is 11.2. The van der Waals surface area contributed by atoms with Gasteiger partial charge in [0.1, 0.15) is 6.61 Å². The molecule has 1 aliphatic heterocycles. The molecule has 0 fully saturated rings. The minimum atomic E-state index is -0.424. The van der Waals surface area contributed by atoms with Gasteiger partial charge in [-0.2, -0.15) is 0 Å². The van der Waals surface area contributed by atoms with Crippen LogP contribution in [0.5, 0.6) is 11.5 Å². The molecule has 0 saturated carbocycles. The van der Waals surface area contributed by atoms with Crippen LogP contribution in [0.25, 0.3) is 0 Å². The highest BCUT2D eigenvalue weighted by Gasteiger charge is 2.48. The number of aryl methyl sites for hydroxylation is 1. The van der Waals surface area contributed by atoms with Crippen LogP contribution in [-0.2, 0) is 22.6 Å². The van der Waals surface area contributed by atoms with Gasteiger partial charge >= 0.3 is 0 Å². The van der Waals surface area contributed by atoms with Crippen LogP contribution in [0.1, 0.15) is 88.5 Å². The van der Waals surface area contributed by atoms with E-state index in [1.165, 1.54) is 5.56 Å². The van der Waals surface area contributed by atoms with Gasteiger partial charge in [0.2, 0.25) is 0 Å². The van der Waals surface area contributed by atoms with Gasteiger partial charge in [0.25, 0.3) is 0 Å². The number of benzene rings is 2. The highest BCUT2D eigenvalue weighted by Crippen LogP contribution is 2.54. The number of ether oxygens (including phenoxy) is 2. The van der Waals surface area contributed by atoms with Crippen LogP contribution in [0.3, 0.4) is 0 Å². The van der Waals surface area contributed by atoms with E-state index in [1.54, 1.807) is 0 Å². The number of hydrogen-bond donors (Lipinski definition) is 0. The van der Waals surface area contributed by atoms with Crippen LogP contribution in [0, 0.1) is 17.8 Å². The molecule has 0 spiro atoms. The van der Waals surface area contributed by atoms with Crippen LogP contribution < -0.4 is 9.47 Å². The normalized spacial score (nSPS) is 19.9. The van der Waals surface area contributed by atoms with Crippen LogP contribution >= 0.6 is 0 Å². The molecule has 5 rings (SSSR count). The Kier molecular flexibility index (Phi) is 8.00. The Hall–Kier alpha value is -3.60. The third-order valence-electron chi connectivity index (χ3n) is 8.84. The number of nitrogens with zero attached hydrogens (tertiary/aromatic N) is 1. The van der Waals surface area contributed by atoms with E-state index in [0.29, 0.717) is 44.0 Å². The number of allylic oxidation sites excluding steroid dienone is 5. The maximum absolute atomic E-state index is 14.0. The molecule has 0 N–H and O–H groups in total. The lowest BCUT2D eigenvalue weighted by atomic mass is 9.63. The van der Waals surface area contributed by atoms with Gasteiger partial charge in [-0.1, -0.05) is 69.7 Å². The average Bonchev–Trinajstić information content (AvgIpc) is 2.89. The molecule has 3 aliphatic rings. The summed E-state index contributed by atoms with van der Waals surface area (Å²) in [5, 5.41) is 0. The highest BCUT2D eigenvalue weighted by atomic mass is 16.5. The van der Waals surface area contributed by atoms with Gasteiger partial charge < -0.3 is 14.4 Å². The molecule has 5 nitrogen and oxygen atoms in total. The fourth-order valence-corrected chi connectivity index (χ4v) is 6.92. The zero-order chi connectivity index (χ0) is 30.4. The van der Waals surface area contributed by atoms with Crippen LogP contribution in [-0.4, -0.2) is 30.1 Å². The third-order valence-corrected chi connectivity index (χ3v) is 8.84. The Labute approximate surface area is 251 Å². The van der Waals surface area contributed by atoms with E-state index in [-0.39, 0.29) is 22.4 Å². The molecular weight excluding hydrogens is 522 g/mol. The van der Waals surface area contributed by atoms with Crippen molar-refractivity contribution >= 4 is 11.6 Å². The molecule has 2 aromatic carbocycles. The van der Waals surface area contributed by atoms with Gasteiger partial charge in [-0.05, 0) is 61.1 Å². The SMILES string of the molecule is C=CCc1cc(C2C3=C(CC(C)(C)CC3=O)N(C)C3=C2C(=O)CC(C)(C)C3)cc(OCC)c1OCc1ccc(C)cc1. The van der Waals surface area contributed by atoms with E-state index in [1.807, 2.05) is 26.1 Å². The number of hydrogen-bond acceptors (Lipinski definition) is 5. The maximum atomic E-state index is 14.0. The first-order chi connectivity index (χ1) is 19.8. The number of Topliss-reactive ketones (excluding diaryl/α,β-unsaturated/α-hetero) is 2. The topological polar surface area (TPSA) is 55.8 Å². The summed E-state index contributed by atoms with van der Waals surface area (Å²) in [5.41, 5.74) is 7.48. The molecule has 2 aromatic rings. The van der Waals surface area contributed by atoms with Crippen LogP contribution in [0.4, 0.5) is 0 Å². The Bertz CT molecular complexity index is 1430. The summed E-state index contributed by atoms with van der Waals surface area (Å²) in [6.45, 7) is 17.5. The molecule has 42 heavy (non-hydrogen) atoms. The predicted molar refractivity (Wildman–Crippen MR) is 168 cm³/mol. The number of ketones is 2. The van der Waals surface area contributed by atoms with Crippen molar-refractivity contribution in [3.63, 3.8) is 0 Å². The Morgan fingerprint density at radius 2 is 1.48 bits per heavy atom. The van der Waals surface area contributed by atoms with Crippen molar-refractivity contribution in [2.75, 3.05) is 13.7 Å². The Balaban J connectivity index is 1.68. The minimum absolute atomic E-state index is 0.130. The summed E-state index contributed by atoms with van der Waals surface area (Å²) in [4.78, 5) is 30.1. The van der Waals surface area contributed by atoms with Crippen molar-refractivity contribution in [1.82, 2.24) is 4.90 Å². The third kappa shape index (κ3) is 5.71. The molecule has 0 amide bonds. The quantitative estimate of drug-likeness (QED) is 0.302. The molecule has 222 valence electrons. The van der Waals surface area contributed by atoms with Gasteiger partial charge in [0.15, 0.2) is 23.1 Å². The predicted octanol–water partition coefficient (Wildman–Crippen LogP) is 8.02. The standard InChI is InChI=1S/C37H45NO4/c1-9-11-25-16-26(17-31(41-10-2)35(25)42-22-24-14-12-23(3)13-15-24)32-33-27(18-36(4,5)20-29(33)39)38(8)28-19-37(6,7)21-30(40)34(28)32/h9,12-17,32H,1,10-11,18-22H2,2-8H3. The van der Waals surface area contributed by atoms with Gasteiger partial charge in [0, 0.05) is 53.9 Å². The second-order valence-electron chi connectivity index (χ2n) is 13.8. The van der Waals surface area contributed by atoms with E-state index < -0.39 is 5.92 Å². The van der Waals surface area contributed by atoms with Crippen molar-refractivity contribution in [3.05, 3.63) is 93.8 Å². The second-order valence-corrected chi connectivity index (χ2v) is 13.8. The van der Waals surface area contributed by atoms with Crippen molar-refractivity contribution in [2.45, 2.75) is 86.2 Å². The summed E-state index contributed by atoms with van der Waals surface area (Å²) in [6.07, 6.45) is 4.95. The number of carbonyl (C=O) groups excluding carboxylic acids is 2. The van der Waals surface area contributed by atoms with Gasteiger partial charge in [-0.15, -0.1) is 6.58 Å². The molecule has 0 saturated heterocycles. The molecule has 0 aromatic heterocycles. The zero-order valence-electron chi connectivity index (χ0n) is 26.4. The fraction of sp³-hybridized carbons (Fsp3) is 0.459. The lowest BCUT2D eigenvalue weighted by Crippen LogP contribution is -2.43. The van der Waals surface area contributed by atoms with Gasteiger partial charge in [-0.25, -0.2) is 0 Å². The number of carbonyl (C=O) groups is 2. The molecule has 2 aliphatic carbocycles. The van der Waals surface area contributed by atoms with Crippen LogP contribution in [0.2, 0.25) is 0 Å². The zero-order valence-corrected chi connectivity index (χ0v) is 26.4. The van der Waals surface area contributed by atoms with Crippen molar-refractivity contribution in [3.8, 4) is 11.5 Å². The molecular formula is C37H45NO4. The van der Waals surface area contributed by atoms with E-state index in [2.05, 4.69) is 76.4 Å². The van der Waals surface area contributed by atoms with E-state index in [4.69, 9.17) is 9.47 Å². The lowest BCUT2D eigenvalue weighted by Gasteiger charge is -2.48. The minimum Gasteiger partial charge on any atom is -0.490 e. The summed E-state index contributed by atoms with van der Waals surface area (Å²) < 4.78 is 12.6. The fourth-order valence-electron chi connectivity index (χ4n) is 6.92. The van der Waals surface area contributed by atoms with Crippen LogP contribution in [0.15, 0.2) is 71.6 Å². The van der Waals surface area contributed by atoms with E-state index in [9.17, 15) is 9.59 Å². The van der Waals surface area contributed by atoms with E-state index in [0.717, 1.165) is 52.1 Å². The van der Waals surface area contributed by atoms with Gasteiger partial charge in [0.05, 0.1) is 6.61 Å². The first-order valence-corrected chi connectivity index (χ1v) is 15.2. The van der Waals surface area contributed by atoms with Gasteiger partial charge in [-0.3, -0.25) is 9.59 Å². The molecule has 0 bridgehead atoms. The van der Waals surface area contributed by atoms with Crippen molar-refractivity contribution in [2.24, 2.45) is 10.8 Å². The maximum Gasteiger partial charge on any atom is 0.165 e. The average molecular weight is 568 g/mol. The summed E-state index contributed by atoms with van der Waals surface area (Å²) in [6, 6.07) is 12.4. The molecule has 0 atom stereocenters. The number of rotatable bonds is 8. The Morgan fingerprint density at radius 3 is 2.00 bits per heavy atom. The summed E-state index contributed by atoms with van der Waals surface area (Å²) in [5.74, 6) is 1.15. The van der Waals surface area contributed by atoms with Crippen molar-refractivity contribution < 1.29 is 19.1 Å². The molecule has 5 heteroatoms. The lowest BCUT2D eigenvalue weighted by molar-refractivity contribution is -0.119. The monoisotopic (exact) mass is 567 g/mol. The van der Waals surface area contributed by atoms with Crippen molar-refractivity contribution in [1.29, 1.82) is 0 Å². The molecule has 1 heterocycles. The summed E-state index contributed by atoms with van der Waals surface area (Å²) >= 11 is 0. The highest BCUT2D eigenvalue weighted by molar-refractivity contribution is 6.06. The molecule has 0 unspecified atom stereocenters. The smallest absolute Gasteiger partial charge is 0.165 e. The first kappa shape index (κ1) is 29.9.